The van der Waals surface area contributed by atoms with Crippen molar-refractivity contribution in [2.24, 2.45) is 0 Å². The molecule has 2 fully saturated rings. The van der Waals surface area contributed by atoms with E-state index in [0.717, 1.165) is 6.07 Å². The summed E-state index contributed by atoms with van der Waals surface area (Å²) in [5, 5.41) is 3.08. The third kappa shape index (κ3) is 6.30. The number of alkyl halides is 2. The molecule has 2 saturated heterocycles. The van der Waals surface area contributed by atoms with Crippen LogP contribution in [0.3, 0.4) is 0 Å². The number of carbonyl (C=O) groups excluding carboxylic acids is 1. The van der Waals surface area contributed by atoms with Gasteiger partial charge in [-0.05, 0) is 26.7 Å². The largest absolute Gasteiger partial charge is 0.381 e. The number of hydrogen-bond acceptors (Lipinski definition) is 8. The van der Waals surface area contributed by atoms with Crippen molar-refractivity contribution in [1.82, 2.24) is 15.4 Å². The lowest BCUT2D eigenvalue weighted by Crippen LogP contribution is -2.34. The van der Waals surface area contributed by atoms with E-state index in [-0.39, 0.29) is 23.9 Å². The molecule has 1 aromatic carbocycles. The molecule has 4 rings (SSSR count). The number of hydrogen-bond donors (Lipinski definition) is 2. The van der Waals surface area contributed by atoms with Crippen LogP contribution in [0, 0.1) is 12.7 Å². The highest BCUT2D eigenvalue weighted by Gasteiger charge is 2.30. The van der Waals surface area contributed by atoms with Crippen LogP contribution in [0.2, 0.25) is 0 Å². The van der Waals surface area contributed by atoms with Gasteiger partial charge in [-0.15, -0.1) is 0 Å². The Hall–Kier alpha value is -2.80. The number of benzene rings is 1. The normalized spacial score (nSPS) is 17.9. The van der Waals surface area contributed by atoms with Crippen LogP contribution >= 0.6 is 0 Å². The second-order valence-corrected chi connectivity index (χ2v) is 8.60. The molecular weight excluding hydrogens is 481 g/mol. The average Bonchev–Trinajstić information content (AvgIpc) is 3.37. The van der Waals surface area contributed by atoms with Gasteiger partial charge in [-0.1, -0.05) is 18.2 Å². The molecule has 9 nitrogen and oxygen atoms in total. The van der Waals surface area contributed by atoms with Crippen LogP contribution in [-0.2, 0) is 30.3 Å². The van der Waals surface area contributed by atoms with E-state index >= 15 is 0 Å². The molecule has 0 saturated carbocycles. The van der Waals surface area contributed by atoms with Gasteiger partial charge >= 0.3 is 0 Å². The zero-order valence-corrected chi connectivity index (χ0v) is 20.1. The van der Waals surface area contributed by atoms with Crippen molar-refractivity contribution in [2.45, 2.75) is 58.0 Å². The van der Waals surface area contributed by atoms with Crippen molar-refractivity contribution in [3.8, 4) is 0 Å². The van der Waals surface area contributed by atoms with E-state index in [1.54, 1.807) is 13.8 Å². The number of ether oxygens (including phenoxy) is 3. The lowest BCUT2D eigenvalue weighted by molar-refractivity contribution is -0.143. The number of aromatic nitrogens is 2. The van der Waals surface area contributed by atoms with E-state index in [1.165, 1.54) is 12.1 Å². The first-order valence-electron chi connectivity index (χ1n) is 11.8. The molecule has 1 aromatic heterocycles. The Bertz CT molecular complexity index is 1060. The minimum Gasteiger partial charge on any atom is -0.381 e. The van der Waals surface area contributed by atoms with Crippen LogP contribution in [-0.4, -0.2) is 48.4 Å². The average molecular weight is 511 g/mol. The lowest BCUT2D eigenvalue weighted by Gasteiger charge is -2.23. The maximum atomic E-state index is 14.8. The van der Waals surface area contributed by atoms with Crippen molar-refractivity contribution in [2.75, 3.05) is 31.7 Å². The SMILES string of the molecule is Cc1nc(CC(=O)NOC2CCOCC2)c(C2OCCO2)c(NC(C)c2cccc(C(F)F)c2F)n1. The van der Waals surface area contributed by atoms with Crippen LogP contribution in [0.15, 0.2) is 18.2 Å². The molecule has 0 radical (unpaired) electrons. The number of nitrogens with zero attached hydrogens (tertiary/aromatic N) is 2. The molecule has 1 amide bonds. The summed E-state index contributed by atoms with van der Waals surface area (Å²) < 4.78 is 57.8. The quantitative estimate of drug-likeness (QED) is 0.491. The number of amides is 1. The second kappa shape index (κ2) is 12.0. The summed E-state index contributed by atoms with van der Waals surface area (Å²) in [6, 6.07) is 3.12. The number of rotatable bonds is 9. The number of halogens is 3. The fourth-order valence-corrected chi connectivity index (χ4v) is 4.14. The molecule has 0 aliphatic carbocycles. The second-order valence-electron chi connectivity index (χ2n) is 8.60. The topological polar surface area (TPSA) is 104 Å². The van der Waals surface area contributed by atoms with Gasteiger partial charge < -0.3 is 19.5 Å². The number of anilines is 1. The Morgan fingerprint density at radius 3 is 2.53 bits per heavy atom. The Morgan fingerprint density at radius 2 is 1.83 bits per heavy atom. The van der Waals surface area contributed by atoms with Crippen molar-refractivity contribution < 1.29 is 37.0 Å². The number of hydroxylamine groups is 1. The van der Waals surface area contributed by atoms with Crippen LogP contribution in [0.25, 0.3) is 0 Å². The minimum atomic E-state index is -2.94. The Kier molecular flexibility index (Phi) is 8.72. The molecular formula is C24H29F3N4O5. The van der Waals surface area contributed by atoms with Crippen LogP contribution in [0.5, 0.6) is 0 Å². The summed E-state index contributed by atoms with van der Waals surface area (Å²) >= 11 is 0. The van der Waals surface area contributed by atoms with Crippen molar-refractivity contribution in [3.05, 3.63) is 52.2 Å². The first-order chi connectivity index (χ1) is 17.3. The van der Waals surface area contributed by atoms with E-state index in [9.17, 15) is 18.0 Å². The molecule has 1 unspecified atom stereocenters. The number of aryl methyl sites for hydroxylation is 1. The lowest BCUT2D eigenvalue weighted by atomic mass is 10.0. The molecule has 2 aromatic rings. The molecule has 12 heteroatoms. The van der Waals surface area contributed by atoms with E-state index < -0.39 is 36.0 Å². The monoisotopic (exact) mass is 510 g/mol. The van der Waals surface area contributed by atoms with Crippen LogP contribution < -0.4 is 10.8 Å². The summed E-state index contributed by atoms with van der Waals surface area (Å²) in [4.78, 5) is 27.0. The van der Waals surface area contributed by atoms with Gasteiger partial charge in [0.25, 0.3) is 6.43 Å². The fraction of sp³-hybridized carbons (Fsp3) is 0.542. The van der Waals surface area contributed by atoms with Gasteiger partial charge in [0.05, 0.1) is 48.6 Å². The van der Waals surface area contributed by atoms with E-state index in [1.807, 2.05) is 0 Å². The predicted molar refractivity (Wildman–Crippen MR) is 122 cm³/mol. The summed E-state index contributed by atoms with van der Waals surface area (Å²) in [6.45, 7) is 5.07. The maximum absolute atomic E-state index is 14.8. The minimum absolute atomic E-state index is 0.0485. The number of nitrogens with one attached hydrogen (secondary N) is 2. The smallest absolute Gasteiger partial charge is 0.266 e. The highest BCUT2D eigenvalue weighted by molar-refractivity contribution is 5.78. The molecule has 196 valence electrons. The van der Waals surface area contributed by atoms with E-state index in [4.69, 9.17) is 19.0 Å². The molecule has 2 aliphatic heterocycles. The molecule has 1 atom stereocenters. The molecule has 3 heterocycles. The Morgan fingerprint density at radius 1 is 1.14 bits per heavy atom. The summed E-state index contributed by atoms with van der Waals surface area (Å²) in [7, 11) is 0. The van der Waals surface area contributed by atoms with Crippen molar-refractivity contribution >= 4 is 11.7 Å². The molecule has 2 aliphatic rings. The van der Waals surface area contributed by atoms with Crippen LogP contribution in [0.4, 0.5) is 19.0 Å². The van der Waals surface area contributed by atoms with Gasteiger partial charge in [-0.25, -0.2) is 28.6 Å². The molecule has 0 bridgehead atoms. The van der Waals surface area contributed by atoms with E-state index in [0.29, 0.717) is 56.4 Å². The highest BCUT2D eigenvalue weighted by atomic mass is 19.3. The molecule has 0 spiro atoms. The predicted octanol–water partition coefficient (Wildman–Crippen LogP) is 3.85. The third-order valence-electron chi connectivity index (χ3n) is 5.94. The van der Waals surface area contributed by atoms with Crippen molar-refractivity contribution in [1.29, 1.82) is 0 Å². The highest BCUT2D eigenvalue weighted by Crippen LogP contribution is 2.34. The molecule has 36 heavy (non-hydrogen) atoms. The summed E-state index contributed by atoms with van der Waals surface area (Å²) in [5.74, 6) is -0.801. The number of carbonyl (C=O) groups is 1. The van der Waals surface area contributed by atoms with Gasteiger partial charge in [0, 0.05) is 18.8 Å². The zero-order valence-electron chi connectivity index (χ0n) is 20.1. The van der Waals surface area contributed by atoms with E-state index in [2.05, 4.69) is 20.8 Å². The Balaban J connectivity index is 1.57. The van der Waals surface area contributed by atoms with Gasteiger partial charge in [-0.2, -0.15) is 0 Å². The molecule has 2 N–H and O–H groups in total. The fourth-order valence-electron chi connectivity index (χ4n) is 4.14. The van der Waals surface area contributed by atoms with Crippen LogP contribution in [0.1, 0.15) is 66.7 Å². The third-order valence-corrected chi connectivity index (χ3v) is 5.94. The van der Waals surface area contributed by atoms with Gasteiger partial charge in [0.15, 0.2) is 6.29 Å². The zero-order chi connectivity index (χ0) is 25.7. The van der Waals surface area contributed by atoms with Gasteiger partial charge in [0.1, 0.15) is 17.5 Å². The maximum Gasteiger partial charge on any atom is 0.266 e. The standard InChI is InChI=1S/C24H29F3N4O5/c1-13(16-4-3-5-17(21(16)25)22(26)27)28-23-20(24-34-10-11-35-24)18(29-14(2)30-23)12-19(32)31-36-15-6-8-33-9-7-15/h3-5,13,15,22,24H,6-12H2,1-2H3,(H,31,32)(H,28,29,30). The van der Waals surface area contributed by atoms with Gasteiger partial charge in [-0.3, -0.25) is 9.63 Å². The summed E-state index contributed by atoms with van der Waals surface area (Å²) in [5.41, 5.74) is 2.58. The first-order valence-corrected chi connectivity index (χ1v) is 11.8. The Labute approximate surface area is 206 Å². The first kappa shape index (κ1) is 26.3. The van der Waals surface area contributed by atoms with Crippen molar-refractivity contribution in [3.63, 3.8) is 0 Å². The van der Waals surface area contributed by atoms with Gasteiger partial charge in [0.2, 0.25) is 5.91 Å². The summed E-state index contributed by atoms with van der Waals surface area (Å²) in [6.07, 6.45) is -2.72.